The number of carbonyl (C=O) groups is 1. The third-order valence-electron chi connectivity index (χ3n) is 4.81. The molecule has 0 saturated heterocycles. The minimum atomic E-state index is -0.0615. The van der Waals surface area contributed by atoms with Crippen molar-refractivity contribution in [2.75, 3.05) is 5.32 Å². The summed E-state index contributed by atoms with van der Waals surface area (Å²) in [6.07, 6.45) is 2.34. The minimum Gasteiger partial charge on any atom is -0.322 e. The average Bonchev–Trinajstić information content (AvgIpc) is 3.46. The lowest BCUT2D eigenvalue weighted by Gasteiger charge is -2.15. The Morgan fingerprint density at radius 2 is 1.80 bits per heavy atom. The van der Waals surface area contributed by atoms with Crippen LogP contribution >= 0.6 is 0 Å². The number of hydrogen-bond donors (Lipinski definition) is 1. The molecule has 4 rings (SSSR count). The van der Waals surface area contributed by atoms with Crippen molar-refractivity contribution in [1.82, 2.24) is 4.98 Å². The molecule has 1 fully saturated rings. The van der Waals surface area contributed by atoms with Crippen LogP contribution in [0.5, 0.6) is 0 Å². The Balaban J connectivity index is 1.75. The molecule has 1 amide bonds. The van der Waals surface area contributed by atoms with Gasteiger partial charge in [-0.15, -0.1) is 0 Å². The van der Waals surface area contributed by atoms with Crippen LogP contribution in [0.1, 0.15) is 60.1 Å². The fraction of sp³-hybridized carbons (Fsp3) is 0.273. The van der Waals surface area contributed by atoms with Crippen LogP contribution < -0.4 is 5.32 Å². The van der Waals surface area contributed by atoms with Gasteiger partial charge < -0.3 is 5.32 Å². The molecule has 0 atom stereocenters. The topological polar surface area (TPSA) is 42.0 Å². The second kappa shape index (κ2) is 6.32. The Hall–Kier alpha value is -2.68. The predicted molar refractivity (Wildman–Crippen MR) is 102 cm³/mol. The number of anilines is 1. The number of benzene rings is 2. The lowest BCUT2D eigenvalue weighted by Crippen LogP contribution is -2.15. The zero-order chi connectivity index (χ0) is 17.4. The standard InChI is InChI=1S/C22H22N2O/c1-14(2)16-7-3-5-9-19(16)24-22(25)18-13-21(15-11-12-15)23-20-10-6-4-8-17(18)20/h3-10,13-15H,11-12H2,1-2H3,(H,24,25). The maximum absolute atomic E-state index is 13.1. The van der Waals surface area contributed by atoms with E-state index in [2.05, 4.69) is 25.2 Å². The Morgan fingerprint density at radius 1 is 1.08 bits per heavy atom. The Labute approximate surface area is 148 Å². The summed E-state index contributed by atoms with van der Waals surface area (Å²) in [6, 6.07) is 17.9. The van der Waals surface area contributed by atoms with E-state index >= 15 is 0 Å². The highest BCUT2D eigenvalue weighted by atomic mass is 16.1. The van der Waals surface area contributed by atoms with Crippen molar-refractivity contribution in [3.05, 3.63) is 71.4 Å². The first-order valence-electron chi connectivity index (χ1n) is 8.93. The second-order valence-corrected chi connectivity index (χ2v) is 7.08. The van der Waals surface area contributed by atoms with Gasteiger partial charge in [0.2, 0.25) is 0 Å². The summed E-state index contributed by atoms with van der Waals surface area (Å²) in [5.74, 6) is 0.806. The fourth-order valence-corrected chi connectivity index (χ4v) is 3.28. The van der Waals surface area contributed by atoms with Crippen molar-refractivity contribution < 1.29 is 4.79 Å². The number of pyridine rings is 1. The van der Waals surface area contributed by atoms with E-state index in [9.17, 15) is 4.79 Å². The Kier molecular flexibility index (Phi) is 4.00. The summed E-state index contributed by atoms with van der Waals surface area (Å²) < 4.78 is 0. The summed E-state index contributed by atoms with van der Waals surface area (Å²) in [6.45, 7) is 4.27. The molecule has 0 radical (unpaired) electrons. The number of nitrogens with one attached hydrogen (secondary N) is 1. The molecular formula is C22H22N2O. The number of fused-ring (bicyclic) bond motifs is 1. The highest BCUT2D eigenvalue weighted by molar-refractivity contribution is 6.12. The molecule has 25 heavy (non-hydrogen) atoms. The molecule has 1 aliphatic carbocycles. The molecule has 0 unspecified atom stereocenters. The van der Waals surface area contributed by atoms with Gasteiger partial charge in [0.1, 0.15) is 0 Å². The van der Waals surface area contributed by atoms with Gasteiger partial charge in [0, 0.05) is 22.7 Å². The Bertz CT molecular complexity index is 942. The molecule has 2 aromatic carbocycles. The van der Waals surface area contributed by atoms with Crippen LogP contribution in [0.4, 0.5) is 5.69 Å². The molecule has 1 saturated carbocycles. The molecule has 1 heterocycles. The van der Waals surface area contributed by atoms with Gasteiger partial charge in [0.05, 0.1) is 11.1 Å². The van der Waals surface area contributed by atoms with Gasteiger partial charge in [-0.3, -0.25) is 9.78 Å². The number of amides is 1. The largest absolute Gasteiger partial charge is 0.322 e. The number of rotatable bonds is 4. The molecule has 3 heteroatoms. The maximum Gasteiger partial charge on any atom is 0.256 e. The third-order valence-corrected chi connectivity index (χ3v) is 4.81. The van der Waals surface area contributed by atoms with Crippen molar-refractivity contribution in [1.29, 1.82) is 0 Å². The van der Waals surface area contributed by atoms with Crippen molar-refractivity contribution in [2.45, 2.75) is 38.5 Å². The van der Waals surface area contributed by atoms with Gasteiger partial charge in [-0.1, -0.05) is 50.2 Å². The molecule has 3 aromatic rings. The van der Waals surface area contributed by atoms with Crippen LogP contribution in [0, 0.1) is 0 Å². The van der Waals surface area contributed by atoms with Crippen molar-refractivity contribution >= 4 is 22.5 Å². The maximum atomic E-state index is 13.1. The quantitative estimate of drug-likeness (QED) is 0.687. The van der Waals surface area contributed by atoms with Gasteiger partial charge in [-0.2, -0.15) is 0 Å². The van der Waals surface area contributed by atoms with E-state index in [4.69, 9.17) is 4.98 Å². The van der Waals surface area contributed by atoms with Gasteiger partial charge in [-0.05, 0) is 42.5 Å². The molecule has 3 nitrogen and oxygen atoms in total. The zero-order valence-electron chi connectivity index (χ0n) is 14.6. The number of nitrogens with zero attached hydrogens (tertiary/aromatic N) is 1. The summed E-state index contributed by atoms with van der Waals surface area (Å²) >= 11 is 0. The van der Waals surface area contributed by atoms with E-state index in [1.54, 1.807) is 0 Å². The molecule has 0 spiro atoms. The van der Waals surface area contributed by atoms with Gasteiger partial charge in [0.25, 0.3) is 5.91 Å². The molecule has 1 N–H and O–H groups in total. The summed E-state index contributed by atoms with van der Waals surface area (Å²) in [7, 11) is 0. The smallest absolute Gasteiger partial charge is 0.256 e. The fourth-order valence-electron chi connectivity index (χ4n) is 3.28. The number of carbonyl (C=O) groups excluding carboxylic acids is 1. The molecule has 126 valence electrons. The lowest BCUT2D eigenvalue weighted by atomic mass is 10.0. The predicted octanol–water partition coefficient (Wildman–Crippen LogP) is 5.49. The van der Waals surface area contributed by atoms with Crippen LogP contribution in [0.15, 0.2) is 54.6 Å². The Morgan fingerprint density at radius 3 is 2.56 bits per heavy atom. The first-order valence-corrected chi connectivity index (χ1v) is 8.93. The molecule has 1 aliphatic rings. The van der Waals surface area contributed by atoms with E-state index in [1.807, 2.05) is 48.5 Å². The highest BCUT2D eigenvalue weighted by Gasteiger charge is 2.27. The van der Waals surface area contributed by atoms with E-state index < -0.39 is 0 Å². The summed E-state index contributed by atoms with van der Waals surface area (Å²) in [4.78, 5) is 17.8. The van der Waals surface area contributed by atoms with Gasteiger partial charge >= 0.3 is 0 Å². The van der Waals surface area contributed by atoms with E-state index in [0.29, 0.717) is 17.4 Å². The molecule has 0 aliphatic heterocycles. The number of aromatic nitrogens is 1. The number of hydrogen-bond acceptors (Lipinski definition) is 2. The minimum absolute atomic E-state index is 0.0615. The molecule has 0 bridgehead atoms. The monoisotopic (exact) mass is 330 g/mol. The van der Waals surface area contributed by atoms with Crippen molar-refractivity contribution in [3.63, 3.8) is 0 Å². The molecule has 1 aromatic heterocycles. The SMILES string of the molecule is CC(C)c1ccccc1NC(=O)c1cc(C2CC2)nc2ccccc12. The first-order chi connectivity index (χ1) is 12.1. The lowest BCUT2D eigenvalue weighted by molar-refractivity contribution is 0.102. The molecular weight excluding hydrogens is 308 g/mol. The summed E-state index contributed by atoms with van der Waals surface area (Å²) in [5, 5.41) is 4.03. The normalized spacial score (nSPS) is 14.0. The van der Waals surface area contributed by atoms with Crippen LogP contribution in [0.3, 0.4) is 0 Å². The third kappa shape index (κ3) is 3.14. The van der Waals surface area contributed by atoms with E-state index in [1.165, 1.54) is 12.8 Å². The first kappa shape index (κ1) is 15.8. The van der Waals surface area contributed by atoms with E-state index in [0.717, 1.165) is 27.8 Å². The zero-order valence-corrected chi connectivity index (χ0v) is 14.6. The second-order valence-electron chi connectivity index (χ2n) is 7.08. The van der Waals surface area contributed by atoms with Crippen LogP contribution in [-0.2, 0) is 0 Å². The highest BCUT2D eigenvalue weighted by Crippen LogP contribution is 2.40. The van der Waals surface area contributed by atoms with Crippen molar-refractivity contribution in [3.8, 4) is 0 Å². The summed E-state index contributed by atoms with van der Waals surface area (Å²) in [5.41, 5.74) is 4.69. The van der Waals surface area contributed by atoms with Crippen molar-refractivity contribution in [2.24, 2.45) is 0 Å². The average molecular weight is 330 g/mol. The van der Waals surface area contributed by atoms with Gasteiger partial charge in [-0.25, -0.2) is 0 Å². The van der Waals surface area contributed by atoms with E-state index in [-0.39, 0.29) is 5.91 Å². The van der Waals surface area contributed by atoms with Crippen LogP contribution in [-0.4, -0.2) is 10.9 Å². The number of para-hydroxylation sites is 2. The van der Waals surface area contributed by atoms with Crippen LogP contribution in [0.2, 0.25) is 0 Å². The van der Waals surface area contributed by atoms with Crippen LogP contribution in [0.25, 0.3) is 10.9 Å². The van der Waals surface area contributed by atoms with Gasteiger partial charge in [0.15, 0.2) is 0 Å².